The maximum absolute atomic E-state index is 11.2. The van der Waals surface area contributed by atoms with Crippen LogP contribution in [0.15, 0.2) is 30.3 Å². The van der Waals surface area contributed by atoms with E-state index < -0.39 is 12.0 Å². The lowest BCUT2D eigenvalue weighted by molar-refractivity contribution is -0.139. The maximum Gasteiger partial charge on any atom is 0.320 e. The second-order valence-electron chi connectivity index (χ2n) is 4.99. The van der Waals surface area contributed by atoms with Crippen molar-refractivity contribution in [1.82, 2.24) is 5.32 Å². The van der Waals surface area contributed by atoms with E-state index in [9.17, 15) is 9.90 Å². The molecular formula is C16H25NO2. The highest BCUT2D eigenvalue weighted by atomic mass is 16.4. The van der Waals surface area contributed by atoms with Gasteiger partial charge in [0.2, 0.25) is 0 Å². The Balaban J connectivity index is 2.56. The molecule has 1 aromatic carbocycles. The van der Waals surface area contributed by atoms with Crippen molar-refractivity contribution in [2.75, 3.05) is 0 Å². The Hall–Kier alpha value is -1.35. The molecule has 19 heavy (non-hydrogen) atoms. The van der Waals surface area contributed by atoms with Crippen LogP contribution in [0.2, 0.25) is 0 Å². The lowest BCUT2D eigenvalue weighted by Crippen LogP contribution is -2.44. The van der Waals surface area contributed by atoms with Crippen LogP contribution in [0.4, 0.5) is 0 Å². The van der Waals surface area contributed by atoms with Crippen molar-refractivity contribution in [1.29, 1.82) is 0 Å². The van der Waals surface area contributed by atoms with Crippen molar-refractivity contribution in [2.45, 2.75) is 58.0 Å². The van der Waals surface area contributed by atoms with Crippen LogP contribution in [-0.2, 0) is 11.2 Å². The molecule has 0 saturated carbocycles. The molecule has 0 heterocycles. The molecule has 0 aliphatic rings. The van der Waals surface area contributed by atoms with Crippen LogP contribution < -0.4 is 5.32 Å². The minimum absolute atomic E-state index is 0.223. The van der Waals surface area contributed by atoms with Crippen LogP contribution in [0.25, 0.3) is 0 Å². The van der Waals surface area contributed by atoms with Gasteiger partial charge >= 0.3 is 5.97 Å². The number of nitrogens with one attached hydrogen (secondary N) is 1. The largest absolute Gasteiger partial charge is 0.480 e. The van der Waals surface area contributed by atoms with Crippen molar-refractivity contribution >= 4 is 5.97 Å². The summed E-state index contributed by atoms with van der Waals surface area (Å²) in [6.07, 6.45) is 4.50. The van der Waals surface area contributed by atoms with Gasteiger partial charge in [-0.25, -0.2) is 0 Å². The van der Waals surface area contributed by atoms with E-state index in [4.69, 9.17) is 0 Å². The fraction of sp³-hybridized carbons (Fsp3) is 0.562. The molecule has 0 spiro atoms. The average Bonchev–Trinajstić information content (AvgIpc) is 2.42. The van der Waals surface area contributed by atoms with Gasteiger partial charge in [0.05, 0.1) is 0 Å². The summed E-state index contributed by atoms with van der Waals surface area (Å²) >= 11 is 0. The molecule has 1 rings (SSSR count). The van der Waals surface area contributed by atoms with E-state index >= 15 is 0 Å². The average molecular weight is 263 g/mol. The molecule has 3 heteroatoms. The Morgan fingerprint density at radius 1 is 1.26 bits per heavy atom. The van der Waals surface area contributed by atoms with Crippen molar-refractivity contribution in [3.05, 3.63) is 35.9 Å². The first-order valence-corrected chi connectivity index (χ1v) is 7.20. The van der Waals surface area contributed by atoms with Gasteiger partial charge in [0.25, 0.3) is 0 Å². The van der Waals surface area contributed by atoms with Gasteiger partial charge in [-0.15, -0.1) is 0 Å². The first-order chi connectivity index (χ1) is 9.17. The predicted molar refractivity (Wildman–Crippen MR) is 78.3 cm³/mol. The molecule has 2 N–H and O–H groups in total. The smallest absolute Gasteiger partial charge is 0.320 e. The molecule has 0 bridgehead atoms. The molecule has 0 saturated heterocycles. The number of benzene rings is 1. The summed E-state index contributed by atoms with van der Waals surface area (Å²) in [7, 11) is 0. The third kappa shape index (κ3) is 5.88. The lowest BCUT2D eigenvalue weighted by Gasteiger charge is -2.22. The molecule has 0 fully saturated rings. The number of hydrogen-bond donors (Lipinski definition) is 2. The second kappa shape index (κ2) is 8.70. The highest BCUT2D eigenvalue weighted by Crippen LogP contribution is 2.09. The minimum Gasteiger partial charge on any atom is -0.480 e. The normalized spacial score (nSPS) is 14.0. The first kappa shape index (κ1) is 15.7. The Kier molecular flexibility index (Phi) is 7.19. The predicted octanol–water partition coefficient (Wildman–Crippen LogP) is 3.24. The number of unbranched alkanes of at least 4 members (excludes halogenated alkanes) is 1. The van der Waals surface area contributed by atoms with Crippen molar-refractivity contribution in [2.24, 2.45) is 0 Å². The third-order valence-electron chi connectivity index (χ3n) is 3.40. The number of carboxylic acids is 1. The summed E-state index contributed by atoms with van der Waals surface area (Å²) in [5.41, 5.74) is 1.25. The SMILES string of the molecule is CCCCC(NC(CC)Cc1ccccc1)C(=O)O. The summed E-state index contributed by atoms with van der Waals surface area (Å²) in [5, 5.41) is 12.5. The molecule has 0 aliphatic heterocycles. The molecular weight excluding hydrogens is 238 g/mol. The highest BCUT2D eigenvalue weighted by molar-refractivity contribution is 5.73. The van der Waals surface area contributed by atoms with Gasteiger partial charge in [0.15, 0.2) is 0 Å². The van der Waals surface area contributed by atoms with Crippen LogP contribution in [0.3, 0.4) is 0 Å². The monoisotopic (exact) mass is 263 g/mol. The van der Waals surface area contributed by atoms with Crippen LogP contribution in [-0.4, -0.2) is 23.2 Å². The van der Waals surface area contributed by atoms with E-state index in [0.717, 1.165) is 25.7 Å². The maximum atomic E-state index is 11.2. The molecule has 0 aromatic heterocycles. The van der Waals surface area contributed by atoms with E-state index in [-0.39, 0.29) is 6.04 Å². The Bertz CT molecular complexity index is 364. The van der Waals surface area contributed by atoms with Crippen molar-refractivity contribution in [3.63, 3.8) is 0 Å². The zero-order chi connectivity index (χ0) is 14.1. The fourth-order valence-electron chi connectivity index (χ4n) is 2.19. The van der Waals surface area contributed by atoms with Gasteiger partial charge in [-0.1, -0.05) is 57.0 Å². The topological polar surface area (TPSA) is 49.3 Å². The third-order valence-corrected chi connectivity index (χ3v) is 3.40. The molecule has 0 amide bonds. The molecule has 2 unspecified atom stereocenters. The number of carbonyl (C=O) groups is 1. The van der Waals surface area contributed by atoms with E-state index in [1.165, 1.54) is 5.56 Å². The summed E-state index contributed by atoms with van der Waals surface area (Å²) in [6.45, 7) is 4.18. The van der Waals surface area contributed by atoms with Crippen LogP contribution >= 0.6 is 0 Å². The van der Waals surface area contributed by atoms with E-state index in [1.807, 2.05) is 18.2 Å². The van der Waals surface area contributed by atoms with Crippen molar-refractivity contribution in [3.8, 4) is 0 Å². The second-order valence-corrected chi connectivity index (χ2v) is 4.99. The Labute approximate surface area is 116 Å². The molecule has 0 radical (unpaired) electrons. The number of hydrogen-bond acceptors (Lipinski definition) is 2. The minimum atomic E-state index is -0.736. The molecule has 2 atom stereocenters. The summed E-state index contributed by atoms with van der Waals surface area (Å²) in [5.74, 6) is -0.736. The number of carboxylic acid groups (broad SMARTS) is 1. The van der Waals surface area contributed by atoms with E-state index in [0.29, 0.717) is 6.42 Å². The Morgan fingerprint density at radius 3 is 2.47 bits per heavy atom. The number of rotatable bonds is 9. The highest BCUT2D eigenvalue weighted by Gasteiger charge is 2.20. The molecule has 1 aromatic rings. The van der Waals surface area contributed by atoms with Gasteiger partial charge in [0.1, 0.15) is 6.04 Å². The quantitative estimate of drug-likeness (QED) is 0.719. The summed E-state index contributed by atoms with van der Waals surface area (Å²) in [4.78, 5) is 11.2. The standard InChI is InChI=1S/C16H25NO2/c1-3-5-11-15(16(18)19)17-14(4-2)12-13-9-7-6-8-10-13/h6-10,14-15,17H,3-5,11-12H2,1-2H3,(H,18,19). The zero-order valence-corrected chi connectivity index (χ0v) is 11.9. The van der Waals surface area contributed by atoms with E-state index in [2.05, 4.69) is 31.3 Å². The van der Waals surface area contributed by atoms with Gasteiger partial charge < -0.3 is 10.4 Å². The zero-order valence-electron chi connectivity index (χ0n) is 11.9. The molecule has 3 nitrogen and oxygen atoms in total. The lowest BCUT2D eigenvalue weighted by atomic mass is 10.0. The van der Waals surface area contributed by atoms with Gasteiger partial charge in [-0.2, -0.15) is 0 Å². The van der Waals surface area contributed by atoms with Crippen LogP contribution in [0.5, 0.6) is 0 Å². The number of aliphatic carboxylic acids is 1. The molecule has 106 valence electrons. The summed E-state index contributed by atoms with van der Waals surface area (Å²) < 4.78 is 0. The first-order valence-electron chi connectivity index (χ1n) is 7.20. The van der Waals surface area contributed by atoms with Crippen LogP contribution in [0.1, 0.15) is 45.1 Å². The fourth-order valence-corrected chi connectivity index (χ4v) is 2.19. The molecule has 0 aliphatic carbocycles. The van der Waals surface area contributed by atoms with Gasteiger partial charge in [-0.3, -0.25) is 4.79 Å². The van der Waals surface area contributed by atoms with Crippen LogP contribution in [0, 0.1) is 0 Å². The van der Waals surface area contributed by atoms with Gasteiger partial charge in [0, 0.05) is 6.04 Å². The van der Waals surface area contributed by atoms with Crippen molar-refractivity contribution < 1.29 is 9.90 Å². The summed E-state index contributed by atoms with van der Waals surface area (Å²) in [6, 6.07) is 10.0. The Morgan fingerprint density at radius 2 is 1.95 bits per heavy atom. The van der Waals surface area contributed by atoms with Gasteiger partial charge in [-0.05, 0) is 24.8 Å². The van der Waals surface area contributed by atoms with E-state index in [1.54, 1.807) is 0 Å².